The molecule has 0 radical (unpaired) electrons. The zero-order chi connectivity index (χ0) is 14.0. The number of carbonyl (C=O) groups excluding carboxylic acids is 1. The molecule has 0 aliphatic carbocycles. The van der Waals surface area contributed by atoms with Crippen LogP contribution in [0.5, 0.6) is 0 Å². The molecule has 2 aromatic rings. The summed E-state index contributed by atoms with van der Waals surface area (Å²) in [5.41, 5.74) is 1.24. The Bertz CT molecular complexity index is 686. The summed E-state index contributed by atoms with van der Waals surface area (Å²) >= 11 is 5.98. The van der Waals surface area contributed by atoms with Gasteiger partial charge in [0.05, 0.1) is 10.6 Å². The SMILES string of the molecule is Cc1cc(Cl)c(C(=O)Nc2nn(C)cc2C#N)cn1. The first-order valence-electron chi connectivity index (χ1n) is 5.38. The van der Waals surface area contributed by atoms with Gasteiger partial charge >= 0.3 is 0 Å². The molecule has 0 aliphatic heterocycles. The first-order valence-corrected chi connectivity index (χ1v) is 5.76. The van der Waals surface area contributed by atoms with E-state index in [0.29, 0.717) is 5.02 Å². The molecule has 1 amide bonds. The number of carbonyl (C=O) groups is 1. The van der Waals surface area contributed by atoms with Crippen molar-refractivity contribution in [1.29, 1.82) is 5.26 Å². The van der Waals surface area contributed by atoms with Crippen molar-refractivity contribution in [3.63, 3.8) is 0 Å². The summed E-state index contributed by atoms with van der Waals surface area (Å²) < 4.78 is 1.45. The fourth-order valence-corrected chi connectivity index (χ4v) is 1.82. The smallest absolute Gasteiger partial charge is 0.259 e. The Hall–Kier alpha value is -2.39. The van der Waals surface area contributed by atoms with Crippen molar-refractivity contribution >= 4 is 23.3 Å². The summed E-state index contributed by atoms with van der Waals surface area (Å²) in [7, 11) is 1.66. The van der Waals surface area contributed by atoms with Crippen LogP contribution in [0, 0.1) is 18.3 Å². The van der Waals surface area contributed by atoms with Crippen LogP contribution in [0.4, 0.5) is 5.82 Å². The zero-order valence-electron chi connectivity index (χ0n) is 10.3. The number of aromatic nitrogens is 3. The van der Waals surface area contributed by atoms with Gasteiger partial charge < -0.3 is 5.32 Å². The number of anilines is 1. The number of nitrogens with zero attached hydrogens (tertiary/aromatic N) is 4. The second-order valence-electron chi connectivity index (χ2n) is 3.94. The third-order valence-corrected chi connectivity index (χ3v) is 2.73. The summed E-state index contributed by atoms with van der Waals surface area (Å²) in [6.45, 7) is 1.78. The normalized spacial score (nSPS) is 10.0. The molecule has 2 heterocycles. The van der Waals surface area contributed by atoms with E-state index in [1.807, 2.05) is 6.07 Å². The molecule has 6 nitrogen and oxygen atoms in total. The van der Waals surface area contributed by atoms with Gasteiger partial charge in [0.2, 0.25) is 0 Å². The van der Waals surface area contributed by atoms with E-state index in [0.717, 1.165) is 5.69 Å². The van der Waals surface area contributed by atoms with Gasteiger partial charge in [-0.25, -0.2) is 0 Å². The Balaban J connectivity index is 2.28. The fourth-order valence-electron chi connectivity index (χ4n) is 1.53. The lowest BCUT2D eigenvalue weighted by molar-refractivity contribution is 0.102. The lowest BCUT2D eigenvalue weighted by atomic mass is 10.2. The van der Waals surface area contributed by atoms with E-state index in [4.69, 9.17) is 16.9 Å². The largest absolute Gasteiger partial charge is 0.304 e. The summed E-state index contributed by atoms with van der Waals surface area (Å²) in [6, 6.07) is 3.55. The lowest BCUT2D eigenvalue weighted by Gasteiger charge is -2.04. The molecule has 0 unspecified atom stereocenters. The van der Waals surface area contributed by atoms with Crippen molar-refractivity contribution in [2.24, 2.45) is 7.05 Å². The Kier molecular flexibility index (Phi) is 3.49. The van der Waals surface area contributed by atoms with Gasteiger partial charge in [-0.05, 0) is 13.0 Å². The quantitative estimate of drug-likeness (QED) is 0.907. The van der Waals surface area contributed by atoms with Gasteiger partial charge in [0.15, 0.2) is 5.82 Å². The van der Waals surface area contributed by atoms with Gasteiger partial charge in [0.1, 0.15) is 11.6 Å². The second-order valence-corrected chi connectivity index (χ2v) is 4.34. The van der Waals surface area contributed by atoms with E-state index in [1.165, 1.54) is 17.1 Å². The molecular weight excluding hydrogens is 266 g/mol. The van der Waals surface area contributed by atoms with Gasteiger partial charge in [0.25, 0.3) is 5.91 Å². The molecule has 2 aromatic heterocycles. The monoisotopic (exact) mass is 275 g/mol. The Morgan fingerprint density at radius 1 is 1.58 bits per heavy atom. The predicted octanol–water partition coefficient (Wildman–Crippen LogP) is 1.90. The highest BCUT2D eigenvalue weighted by molar-refractivity contribution is 6.34. The number of pyridine rings is 1. The van der Waals surface area contributed by atoms with E-state index in [9.17, 15) is 4.79 Å². The minimum atomic E-state index is -0.451. The number of aryl methyl sites for hydroxylation is 2. The van der Waals surface area contributed by atoms with Crippen LogP contribution in [0.3, 0.4) is 0 Å². The van der Waals surface area contributed by atoms with E-state index in [-0.39, 0.29) is 16.9 Å². The minimum absolute atomic E-state index is 0.201. The van der Waals surface area contributed by atoms with Crippen LogP contribution in [0.2, 0.25) is 5.02 Å². The number of nitrogens with one attached hydrogen (secondary N) is 1. The summed E-state index contributed by atoms with van der Waals surface area (Å²) in [6.07, 6.45) is 2.91. The van der Waals surface area contributed by atoms with Crippen LogP contribution < -0.4 is 5.32 Å². The number of rotatable bonds is 2. The Labute approximate surface area is 114 Å². The number of hydrogen-bond acceptors (Lipinski definition) is 4. The average Bonchev–Trinajstić information content (AvgIpc) is 2.69. The van der Waals surface area contributed by atoms with Crippen molar-refractivity contribution in [3.8, 4) is 6.07 Å². The number of hydrogen-bond donors (Lipinski definition) is 1. The highest BCUT2D eigenvalue weighted by Crippen LogP contribution is 2.18. The van der Waals surface area contributed by atoms with Gasteiger partial charge in [-0.15, -0.1) is 0 Å². The molecule has 0 aliphatic rings. The van der Waals surface area contributed by atoms with E-state index in [1.54, 1.807) is 20.0 Å². The maximum atomic E-state index is 12.0. The highest BCUT2D eigenvalue weighted by Gasteiger charge is 2.15. The average molecular weight is 276 g/mol. The molecule has 0 bridgehead atoms. The van der Waals surface area contributed by atoms with Crippen LogP contribution in [-0.2, 0) is 7.05 Å². The molecule has 0 spiro atoms. The Morgan fingerprint density at radius 3 is 2.95 bits per heavy atom. The predicted molar refractivity (Wildman–Crippen MR) is 69.9 cm³/mol. The summed E-state index contributed by atoms with van der Waals surface area (Å²) in [5.74, 6) is -0.251. The zero-order valence-corrected chi connectivity index (χ0v) is 11.1. The number of amides is 1. The molecule has 7 heteroatoms. The van der Waals surface area contributed by atoms with E-state index >= 15 is 0 Å². The lowest BCUT2D eigenvalue weighted by Crippen LogP contribution is -2.14. The van der Waals surface area contributed by atoms with E-state index in [2.05, 4.69) is 15.4 Å². The molecule has 2 rings (SSSR count). The van der Waals surface area contributed by atoms with Crippen LogP contribution in [0.1, 0.15) is 21.6 Å². The van der Waals surface area contributed by atoms with Crippen LogP contribution in [-0.4, -0.2) is 20.7 Å². The molecule has 1 N–H and O–H groups in total. The molecule has 96 valence electrons. The van der Waals surface area contributed by atoms with Crippen LogP contribution in [0.25, 0.3) is 0 Å². The third-order valence-electron chi connectivity index (χ3n) is 2.42. The molecule has 0 fully saturated rings. The molecule has 0 saturated heterocycles. The fraction of sp³-hybridized carbons (Fsp3) is 0.167. The van der Waals surface area contributed by atoms with Crippen molar-refractivity contribution in [1.82, 2.24) is 14.8 Å². The first kappa shape index (κ1) is 13.1. The van der Waals surface area contributed by atoms with Crippen molar-refractivity contribution in [2.45, 2.75) is 6.92 Å². The molecular formula is C12H10ClN5O. The standard InChI is InChI=1S/C12H10ClN5O/c1-7-3-10(13)9(5-15-7)12(19)16-11-8(4-14)6-18(2)17-11/h3,5-6H,1-2H3,(H,16,17,19). The van der Waals surface area contributed by atoms with Crippen LogP contribution >= 0.6 is 11.6 Å². The molecule has 0 aromatic carbocycles. The highest BCUT2D eigenvalue weighted by atomic mass is 35.5. The minimum Gasteiger partial charge on any atom is -0.304 e. The van der Waals surface area contributed by atoms with Gasteiger partial charge in [-0.1, -0.05) is 11.6 Å². The van der Waals surface area contributed by atoms with Crippen molar-refractivity contribution < 1.29 is 4.79 Å². The summed E-state index contributed by atoms with van der Waals surface area (Å²) in [5, 5.41) is 15.8. The van der Waals surface area contributed by atoms with Gasteiger partial charge in [0, 0.05) is 25.1 Å². The van der Waals surface area contributed by atoms with Crippen LogP contribution in [0.15, 0.2) is 18.5 Å². The third kappa shape index (κ3) is 2.72. The first-order chi connectivity index (χ1) is 9.01. The molecule has 19 heavy (non-hydrogen) atoms. The number of nitriles is 1. The van der Waals surface area contributed by atoms with Gasteiger partial charge in [-0.2, -0.15) is 10.4 Å². The maximum absolute atomic E-state index is 12.0. The molecule has 0 saturated carbocycles. The van der Waals surface area contributed by atoms with E-state index < -0.39 is 5.91 Å². The number of halogens is 1. The summed E-state index contributed by atoms with van der Waals surface area (Å²) in [4.78, 5) is 16.0. The van der Waals surface area contributed by atoms with Gasteiger partial charge in [-0.3, -0.25) is 14.5 Å². The second kappa shape index (κ2) is 5.08. The molecule has 0 atom stereocenters. The van der Waals surface area contributed by atoms with Crippen molar-refractivity contribution in [2.75, 3.05) is 5.32 Å². The Morgan fingerprint density at radius 2 is 2.32 bits per heavy atom. The van der Waals surface area contributed by atoms with Crippen molar-refractivity contribution in [3.05, 3.63) is 40.3 Å². The maximum Gasteiger partial charge on any atom is 0.259 e. The topological polar surface area (TPSA) is 83.6 Å².